The van der Waals surface area contributed by atoms with E-state index in [9.17, 15) is 9.90 Å². The largest absolute Gasteiger partial charge is 0.458 e. The number of methoxy groups -OCH3 is 3. The van der Waals surface area contributed by atoms with Crippen LogP contribution in [0, 0.1) is 40.4 Å². The number of piperidine rings is 1. The van der Waals surface area contributed by atoms with Crippen molar-refractivity contribution < 1.29 is 28.8 Å². The molecule has 0 amide bonds. The van der Waals surface area contributed by atoms with Crippen LogP contribution in [0.15, 0.2) is 30.3 Å². The number of benzene rings is 1. The number of rotatable bonds is 7. The van der Waals surface area contributed by atoms with Gasteiger partial charge in [-0.2, -0.15) is 0 Å². The van der Waals surface area contributed by atoms with Gasteiger partial charge < -0.3 is 24.1 Å². The van der Waals surface area contributed by atoms with E-state index in [1.54, 1.807) is 7.11 Å². The fourth-order valence-electron chi connectivity index (χ4n) is 11.5. The van der Waals surface area contributed by atoms with E-state index in [1.807, 2.05) is 44.6 Å². The molecule has 1 aliphatic heterocycles. The normalized spacial score (nSPS) is 50.2. The van der Waals surface area contributed by atoms with Gasteiger partial charge in [-0.25, -0.2) is 4.79 Å². The monoisotopic (exact) mass is 525 g/mol. The average molecular weight is 526 g/mol. The van der Waals surface area contributed by atoms with E-state index in [-0.39, 0.29) is 64.8 Å². The predicted molar refractivity (Wildman–Crippen MR) is 141 cm³/mol. The van der Waals surface area contributed by atoms with Crippen molar-refractivity contribution in [3.8, 4) is 0 Å². The molecule has 1 aromatic carbocycles. The molecular formula is C31H43NO6. The molecule has 38 heavy (non-hydrogen) atoms. The molecule has 1 heterocycles. The fraction of sp³-hybridized carbons (Fsp3) is 0.774. The Morgan fingerprint density at radius 1 is 1.11 bits per heavy atom. The highest BCUT2D eigenvalue weighted by Crippen LogP contribution is 2.79. The summed E-state index contributed by atoms with van der Waals surface area (Å²) in [6.07, 6.45) is 4.25. The molecule has 1 aromatic rings. The summed E-state index contributed by atoms with van der Waals surface area (Å²) >= 11 is 0. The standard InChI is InChI=1S/C31H43NO6/c1-5-32-16-29(17-35-2)12-11-24(37-4)31-20-13-19-22(36-3)15-30(34,21(27(31)32)14-23(29)31)25(20)26(19)38-28(33)18-9-7-6-8-10-18/h6-10,19-27,34H,5,11-17H2,1-4H3. The maximum absolute atomic E-state index is 13.4. The zero-order valence-electron chi connectivity index (χ0n) is 23.2. The van der Waals surface area contributed by atoms with Crippen molar-refractivity contribution in [2.24, 2.45) is 40.4 Å². The molecule has 208 valence electrons. The molecule has 7 nitrogen and oxygen atoms in total. The number of carbonyl (C=O) groups excluding carboxylic acids is 1. The first-order valence-electron chi connectivity index (χ1n) is 14.7. The summed E-state index contributed by atoms with van der Waals surface area (Å²) in [6, 6.07) is 9.52. The minimum absolute atomic E-state index is 0.0645. The summed E-state index contributed by atoms with van der Waals surface area (Å²) in [7, 11) is 5.47. The molecule has 7 heteroatoms. The molecule has 5 aliphatic carbocycles. The number of ether oxygens (including phenoxy) is 4. The molecule has 7 rings (SSSR count). The molecule has 12 atom stereocenters. The van der Waals surface area contributed by atoms with Crippen molar-refractivity contribution >= 4 is 5.97 Å². The van der Waals surface area contributed by atoms with E-state index in [0.717, 1.165) is 45.4 Å². The van der Waals surface area contributed by atoms with E-state index in [2.05, 4.69) is 11.8 Å². The molecule has 1 saturated heterocycles. The molecular weight excluding hydrogens is 482 g/mol. The van der Waals surface area contributed by atoms with Gasteiger partial charge in [-0.1, -0.05) is 25.1 Å². The first-order valence-corrected chi connectivity index (χ1v) is 14.7. The van der Waals surface area contributed by atoms with Gasteiger partial charge in [0.2, 0.25) is 0 Å². The highest BCUT2D eigenvalue weighted by molar-refractivity contribution is 5.89. The smallest absolute Gasteiger partial charge is 0.338 e. The summed E-state index contributed by atoms with van der Waals surface area (Å²) in [6.45, 7) is 4.99. The molecule has 0 radical (unpaired) electrons. The Kier molecular flexibility index (Phi) is 5.86. The molecule has 0 aromatic heterocycles. The highest BCUT2D eigenvalue weighted by atomic mass is 16.6. The van der Waals surface area contributed by atoms with Crippen LogP contribution in [0.4, 0.5) is 0 Å². The molecule has 5 saturated carbocycles. The minimum atomic E-state index is -0.942. The first-order chi connectivity index (χ1) is 18.4. The number of aliphatic hydroxyl groups is 1. The van der Waals surface area contributed by atoms with E-state index in [0.29, 0.717) is 17.9 Å². The van der Waals surface area contributed by atoms with Crippen LogP contribution in [-0.4, -0.2) is 87.0 Å². The van der Waals surface area contributed by atoms with Crippen LogP contribution < -0.4 is 0 Å². The van der Waals surface area contributed by atoms with Crippen molar-refractivity contribution in [2.75, 3.05) is 41.0 Å². The third-order valence-corrected chi connectivity index (χ3v) is 12.4. The zero-order chi connectivity index (χ0) is 26.4. The highest BCUT2D eigenvalue weighted by Gasteiger charge is 2.84. The van der Waals surface area contributed by atoms with Crippen molar-refractivity contribution in [2.45, 2.75) is 69.0 Å². The third-order valence-electron chi connectivity index (χ3n) is 12.4. The number of fused-ring (bicyclic) bond motifs is 2. The molecule has 6 aliphatic rings. The van der Waals surface area contributed by atoms with Gasteiger partial charge in [0.25, 0.3) is 0 Å². The molecule has 6 fully saturated rings. The Hall–Kier alpha value is -1.51. The Morgan fingerprint density at radius 3 is 2.58 bits per heavy atom. The Bertz CT molecular complexity index is 1080. The van der Waals surface area contributed by atoms with Gasteiger partial charge >= 0.3 is 5.97 Å². The lowest BCUT2D eigenvalue weighted by molar-refractivity contribution is -0.276. The SMILES string of the molecule is CCN1CC2(COC)CCC(OC)C34C5CC6C(OC)CC(O)(C(CC23)C14)C5C6OC(=O)c1ccccc1. The quantitative estimate of drug-likeness (QED) is 0.547. The first kappa shape index (κ1) is 25.5. The number of hydrogen-bond donors (Lipinski definition) is 1. The Balaban J connectivity index is 1.38. The van der Waals surface area contributed by atoms with Gasteiger partial charge in [-0.15, -0.1) is 0 Å². The van der Waals surface area contributed by atoms with Gasteiger partial charge in [-0.3, -0.25) is 4.90 Å². The molecule has 12 unspecified atom stereocenters. The van der Waals surface area contributed by atoms with Crippen molar-refractivity contribution in [1.82, 2.24) is 4.90 Å². The van der Waals surface area contributed by atoms with E-state index in [4.69, 9.17) is 18.9 Å². The molecule has 1 spiro atoms. The van der Waals surface area contributed by atoms with Crippen LogP contribution in [0.2, 0.25) is 0 Å². The van der Waals surface area contributed by atoms with E-state index in [1.165, 1.54) is 0 Å². The Labute approximate surface area is 226 Å². The van der Waals surface area contributed by atoms with Gasteiger partial charge in [-0.05, 0) is 56.2 Å². The van der Waals surface area contributed by atoms with Crippen LogP contribution in [0.3, 0.4) is 0 Å². The number of carbonyl (C=O) groups is 1. The number of likely N-dealkylation sites (tertiary alicyclic amines) is 1. The van der Waals surface area contributed by atoms with Crippen molar-refractivity contribution in [1.29, 1.82) is 0 Å². The second kappa shape index (κ2) is 8.74. The lowest BCUT2D eigenvalue weighted by Gasteiger charge is -2.69. The van der Waals surface area contributed by atoms with Gasteiger partial charge in [0.05, 0.1) is 30.0 Å². The van der Waals surface area contributed by atoms with Gasteiger partial charge in [0, 0.05) is 68.9 Å². The van der Waals surface area contributed by atoms with Crippen LogP contribution in [0.25, 0.3) is 0 Å². The van der Waals surface area contributed by atoms with E-state index < -0.39 is 5.60 Å². The van der Waals surface area contributed by atoms with Crippen LogP contribution in [-0.2, 0) is 18.9 Å². The third kappa shape index (κ3) is 2.95. The second-order valence-corrected chi connectivity index (χ2v) is 13.2. The summed E-state index contributed by atoms with van der Waals surface area (Å²) in [5.41, 5.74) is -0.405. The number of esters is 1. The zero-order valence-corrected chi connectivity index (χ0v) is 23.2. The van der Waals surface area contributed by atoms with Crippen LogP contribution >= 0.6 is 0 Å². The second-order valence-electron chi connectivity index (χ2n) is 13.2. The fourth-order valence-corrected chi connectivity index (χ4v) is 11.5. The lowest BCUT2D eigenvalue weighted by Crippen LogP contribution is -2.76. The van der Waals surface area contributed by atoms with Crippen molar-refractivity contribution in [3.63, 3.8) is 0 Å². The number of hydrogen-bond acceptors (Lipinski definition) is 7. The average Bonchev–Trinajstić information content (AvgIpc) is 3.38. The van der Waals surface area contributed by atoms with Gasteiger partial charge in [0.1, 0.15) is 6.10 Å². The topological polar surface area (TPSA) is 77.5 Å². The summed E-state index contributed by atoms with van der Waals surface area (Å²) in [5, 5.41) is 12.9. The summed E-state index contributed by atoms with van der Waals surface area (Å²) in [4.78, 5) is 16.1. The van der Waals surface area contributed by atoms with Gasteiger partial charge in [0.15, 0.2) is 0 Å². The van der Waals surface area contributed by atoms with Crippen molar-refractivity contribution in [3.05, 3.63) is 35.9 Å². The minimum Gasteiger partial charge on any atom is -0.458 e. The molecule has 7 bridgehead atoms. The maximum Gasteiger partial charge on any atom is 0.338 e. The lowest BCUT2D eigenvalue weighted by atomic mass is 9.43. The Morgan fingerprint density at radius 2 is 1.89 bits per heavy atom. The van der Waals surface area contributed by atoms with E-state index >= 15 is 0 Å². The van der Waals surface area contributed by atoms with Crippen LogP contribution in [0.5, 0.6) is 0 Å². The molecule has 1 N–H and O–H groups in total. The number of nitrogens with zero attached hydrogens (tertiary/aromatic N) is 1. The summed E-state index contributed by atoms with van der Waals surface area (Å²) < 4.78 is 24.9. The summed E-state index contributed by atoms with van der Waals surface area (Å²) in [5.74, 6) is 0.395. The van der Waals surface area contributed by atoms with Crippen LogP contribution in [0.1, 0.15) is 49.4 Å². The predicted octanol–water partition coefficient (Wildman–Crippen LogP) is 3.40. The maximum atomic E-state index is 13.4.